The van der Waals surface area contributed by atoms with Crippen LogP contribution in [-0.4, -0.2) is 37.6 Å². The standard InChI is InChI=1S/C18H36N2/c1-6-18(4)7-9-20(10-8-18)13-16-15(3)11-14(2)12-17(16)19-5/h14-17,19H,6-13H2,1-5H3. The highest BCUT2D eigenvalue weighted by molar-refractivity contribution is 4.90. The minimum atomic E-state index is 0.617. The lowest BCUT2D eigenvalue weighted by atomic mass is 9.71. The molecule has 1 N–H and O–H groups in total. The van der Waals surface area contributed by atoms with Gasteiger partial charge in [0.1, 0.15) is 0 Å². The molecule has 1 saturated carbocycles. The highest BCUT2D eigenvalue weighted by Gasteiger charge is 2.36. The average molecular weight is 281 g/mol. The summed E-state index contributed by atoms with van der Waals surface area (Å²) in [5, 5.41) is 3.61. The van der Waals surface area contributed by atoms with Crippen molar-refractivity contribution in [2.45, 2.75) is 65.8 Å². The molecule has 118 valence electrons. The number of rotatable bonds is 4. The Kier molecular flexibility index (Phi) is 5.53. The Morgan fingerprint density at radius 3 is 2.35 bits per heavy atom. The first kappa shape index (κ1) is 16.3. The second-order valence-corrected chi connectivity index (χ2v) is 8.08. The van der Waals surface area contributed by atoms with Crippen molar-refractivity contribution in [3.63, 3.8) is 0 Å². The molecule has 2 nitrogen and oxygen atoms in total. The molecule has 0 bridgehead atoms. The molecular weight excluding hydrogens is 244 g/mol. The van der Waals surface area contributed by atoms with Gasteiger partial charge in [-0.2, -0.15) is 0 Å². The summed E-state index contributed by atoms with van der Waals surface area (Å²) in [6.07, 6.45) is 6.92. The topological polar surface area (TPSA) is 15.3 Å². The maximum atomic E-state index is 3.61. The van der Waals surface area contributed by atoms with Gasteiger partial charge in [-0.25, -0.2) is 0 Å². The average Bonchev–Trinajstić information content (AvgIpc) is 2.43. The lowest BCUT2D eigenvalue weighted by molar-refractivity contribution is 0.0611. The van der Waals surface area contributed by atoms with E-state index in [4.69, 9.17) is 0 Å². The molecule has 1 aliphatic carbocycles. The molecule has 4 atom stereocenters. The van der Waals surface area contributed by atoms with Crippen LogP contribution < -0.4 is 5.32 Å². The van der Waals surface area contributed by atoms with E-state index in [1.54, 1.807) is 0 Å². The van der Waals surface area contributed by atoms with Crippen LogP contribution in [0.4, 0.5) is 0 Å². The Labute approximate surface area is 126 Å². The zero-order valence-corrected chi connectivity index (χ0v) is 14.4. The normalized spacial score (nSPS) is 38.9. The lowest BCUT2D eigenvalue weighted by Gasteiger charge is -2.45. The summed E-state index contributed by atoms with van der Waals surface area (Å²) in [6, 6.07) is 0.730. The SMILES string of the molecule is CCC1(C)CCN(CC2C(C)CC(C)CC2NC)CC1. The molecule has 2 heteroatoms. The van der Waals surface area contributed by atoms with Gasteiger partial charge in [-0.3, -0.25) is 0 Å². The molecule has 1 heterocycles. The van der Waals surface area contributed by atoms with Crippen molar-refractivity contribution in [1.29, 1.82) is 0 Å². The monoisotopic (exact) mass is 280 g/mol. The van der Waals surface area contributed by atoms with E-state index < -0.39 is 0 Å². The van der Waals surface area contributed by atoms with E-state index in [-0.39, 0.29) is 0 Å². The van der Waals surface area contributed by atoms with Gasteiger partial charge in [-0.1, -0.05) is 34.1 Å². The fourth-order valence-electron chi connectivity index (χ4n) is 4.48. The Morgan fingerprint density at radius 2 is 1.80 bits per heavy atom. The zero-order chi connectivity index (χ0) is 14.8. The summed E-state index contributed by atoms with van der Waals surface area (Å²) < 4.78 is 0. The third-order valence-corrected chi connectivity index (χ3v) is 6.43. The highest BCUT2D eigenvalue weighted by Crippen LogP contribution is 2.37. The van der Waals surface area contributed by atoms with Crippen molar-refractivity contribution < 1.29 is 0 Å². The van der Waals surface area contributed by atoms with Gasteiger partial charge in [0.2, 0.25) is 0 Å². The fourth-order valence-corrected chi connectivity index (χ4v) is 4.48. The van der Waals surface area contributed by atoms with Gasteiger partial charge in [0.05, 0.1) is 0 Å². The third-order valence-electron chi connectivity index (χ3n) is 6.43. The van der Waals surface area contributed by atoms with Gasteiger partial charge >= 0.3 is 0 Å². The van der Waals surface area contributed by atoms with E-state index in [0.29, 0.717) is 5.41 Å². The first-order chi connectivity index (χ1) is 9.47. The predicted molar refractivity (Wildman–Crippen MR) is 88.0 cm³/mol. The summed E-state index contributed by atoms with van der Waals surface area (Å²) in [4.78, 5) is 2.75. The third kappa shape index (κ3) is 3.76. The molecule has 0 amide bonds. The van der Waals surface area contributed by atoms with Crippen molar-refractivity contribution in [1.82, 2.24) is 10.2 Å². The lowest BCUT2D eigenvalue weighted by Crippen LogP contribution is -2.50. The predicted octanol–water partition coefficient (Wildman–Crippen LogP) is 3.77. The summed E-state index contributed by atoms with van der Waals surface area (Å²) in [5.41, 5.74) is 0.617. The first-order valence-electron chi connectivity index (χ1n) is 8.87. The summed E-state index contributed by atoms with van der Waals surface area (Å²) in [5.74, 6) is 2.61. The fraction of sp³-hybridized carbons (Fsp3) is 1.00. The van der Waals surface area contributed by atoms with Crippen LogP contribution in [0, 0.1) is 23.2 Å². The van der Waals surface area contributed by atoms with Gasteiger partial charge in [-0.05, 0) is 69.0 Å². The van der Waals surface area contributed by atoms with Crippen LogP contribution >= 0.6 is 0 Å². The number of nitrogens with one attached hydrogen (secondary N) is 1. The molecule has 20 heavy (non-hydrogen) atoms. The van der Waals surface area contributed by atoms with Crippen molar-refractivity contribution in [3.8, 4) is 0 Å². The minimum Gasteiger partial charge on any atom is -0.317 e. The quantitative estimate of drug-likeness (QED) is 0.843. The maximum absolute atomic E-state index is 3.61. The molecule has 4 unspecified atom stereocenters. The van der Waals surface area contributed by atoms with E-state index in [1.165, 1.54) is 51.7 Å². The summed E-state index contributed by atoms with van der Waals surface area (Å²) >= 11 is 0. The van der Waals surface area contributed by atoms with Crippen LogP contribution in [0.3, 0.4) is 0 Å². The van der Waals surface area contributed by atoms with E-state index in [9.17, 15) is 0 Å². The first-order valence-corrected chi connectivity index (χ1v) is 8.87. The Hall–Kier alpha value is -0.0800. The number of nitrogens with zero attached hydrogens (tertiary/aromatic N) is 1. The zero-order valence-electron chi connectivity index (χ0n) is 14.4. The molecular formula is C18H36N2. The van der Waals surface area contributed by atoms with Gasteiger partial charge in [0.25, 0.3) is 0 Å². The number of piperidine rings is 1. The molecule has 0 aromatic carbocycles. The maximum Gasteiger partial charge on any atom is 0.0110 e. The van der Waals surface area contributed by atoms with Gasteiger partial charge in [-0.15, -0.1) is 0 Å². The van der Waals surface area contributed by atoms with Crippen LogP contribution in [-0.2, 0) is 0 Å². The van der Waals surface area contributed by atoms with Crippen LogP contribution in [0.25, 0.3) is 0 Å². The molecule has 1 saturated heterocycles. The molecule has 2 rings (SSSR count). The minimum absolute atomic E-state index is 0.617. The molecule has 0 aromatic rings. The Bertz CT molecular complexity index is 294. The molecule has 2 fully saturated rings. The molecule has 0 aromatic heterocycles. The van der Waals surface area contributed by atoms with Crippen molar-refractivity contribution >= 4 is 0 Å². The second kappa shape index (κ2) is 6.79. The van der Waals surface area contributed by atoms with Crippen LogP contribution in [0.5, 0.6) is 0 Å². The second-order valence-electron chi connectivity index (χ2n) is 8.08. The number of likely N-dealkylation sites (tertiary alicyclic amines) is 1. The number of hydrogen-bond donors (Lipinski definition) is 1. The number of hydrogen-bond acceptors (Lipinski definition) is 2. The Morgan fingerprint density at radius 1 is 1.15 bits per heavy atom. The molecule has 1 aliphatic heterocycles. The van der Waals surface area contributed by atoms with Crippen LogP contribution in [0.2, 0.25) is 0 Å². The van der Waals surface area contributed by atoms with E-state index in [0.717, 1.165) is 23.8 Å². The van der Waals surface area contributed by atoms with Gasteiger partial charge in [0.15, 0.2) is 0 Å². The largest absolute Gasteiger partial charge is 0.317 e. The van der Waals surface area contributed by atoms with E-state index in [2.05, 4.69) is 45.0 Å². The van der Waals surface area contributed by atoms with E-state index in [1.807, 2.05) is 0 Å². The molecule has 2 aliphatic rings. The Balaban J connectivity index is 1.89. The van der Waals surface area contributed by atoms with Gasteiger partial charge < -0.3 is 10.2 Å². The smallest absolute Gasteiger partial charge is 0.0110 e. The van der Waals surface area contributed by atoms with Crippen molar-refractivity contribution in [2.75, 3.05) is 26.7 Å². The van der Waals surface area contributed by atoms with Crippen molar-refractivity contribution in [3.05, 3.63) is 0 Å². The molecule has 0 spiro atoms. The molecule has 0 radical (unpaired) electrons. The van der Waals surface area contributed by atoms with E-state index >= 15 is 0 Å². The summed E-state index contributed by atoms with van der Waals surface area (Å²) in [7, 11) is 2.16. The van der Waals surface area contributed by atoms with Gasteiger partial charge in [0, 0.05) is 12.6 Å². The van der Waals surface area contributed by atoms with Crippen LogP contribution in [0.1, 0.15) is 59.8 Å². The highest BCUT2D eigenvalue weighted by atomic mass is 15.1. The summed E-state index contributed by atoms with van der Waals surface area (Å²) in [6.45, 7) is 13.7. The van der Waals surface area contributed by atoms with Crippen LogP contribution in [0.15, 0.2) is 0 Å². The van der Waals surface area contributed by atoms with Crippen molar-refractivity contribution in [2.24, 2.45) is 23.2 Å².